The number of allylic oxidation sites excluding steroid dienone is 1. The molecule has 0 aliphatic heterocycles. The molecule has 10 heteroatoms. The molecule has 1 aliphatic rings. The van der Waals surface area contributed by atoms with Gasteiger partial charge in [0, 0.05) is 12.4 Å². The molecule has 1 aromatic rings. The monoisotopic (exact) mass is 503 g/mol. The van der Waals surface area contributed by atoms with Crippen LogP contribution in [0, 0.1) is 0 Å². The van der Waals surface area contributed by atoms with Gasteiger partial charge in [0.05, 0.1) is 32.1 Å². The summed E-state index contributed by atoms with van der Waals surface area (Å²) in [6.07, 6.45) is 8.62. The quantitative estimate of drug-likeness (QED) is 0.235. The third kappa shape index (κ3) is 6.89. The average molecular weight is 504 g/mol. The number of hydrogen-bond acceptors (Lipinski definition) is 8. The summed E-state index contributed by atoms with van der Waals surface area (Å²) < 4.78 is 48.2. The summed E-state index contributed by atoms with van der Waals surface area (Å²) in [5, 5.41) is 0. The first-order valence-corrected chi connectivity index (χ1v) is 14.5. The van der Waals surface area contributed by atoms with Crippen LogP contribution in [0.25, 0.3) is 0 Å². The molecule has 1 aromatic heterocycles. The Kier molecular flexibility index (Phi) is 10.4. The van der Waals surface area contributed by atoms with E-state index in [1.807, 2.05) is 32.1 Å². The van der Waals surface area contributed by atoms with Crippen LogP contribution in [0.4, 0.5) is 0 Å². The van der Waals surface area contributed by atoms with E-state index in [4.69, 9.17) is 30.7 Å². The topological polar surface area (TPSA) is 84.0 Å². The minimum absolute atomic E-state index is 0.103. The Bertz CT molecular complexity index is 901. The van der Waals surface area contributed by atoms with Crippen molar-refractivity contribution in [2.24, 2.45) is 0 Å². The highest BCUT2D eigenvalue weighted by Gasteiger charge is 2.47. The molecule has 3 atom stereocenters. The summed E-state index contributed by atoms with van der Waals surface area (Å²) in [6.45, 7) is 9.73. The van der Waals surface area contributed by atoms with Gasteiger partial charge in [-0.1, -0.05) is 32.1 Å². The van der Waals surface area contributed by atoms with E-state index in [2.05, 4.69) is 4.98 Å². The molecule has 180 valence electrons. The summed E-state index contributed by atoms with van der Waals surface area (Å²) in [5.74, 6) is 0. The fraction of sp³-hybridized carbons (Fsp3) is 0.591. The number of aromatic nitrogens is 1. The van der Waals surface area contributed by atoms with Gasteiger partial charge in [-0.25, -0.2) is 0 Å². The molecule has 0 N–H and O–H groups in total. The van der Waals surface area contributed by atoms with Crippen molar-refractivity contribution < 1.29 is 27.2 Å². The van der Waals surface area contributed by atoms with E-state index in [9.17, 15) is 9.13 Å². The number of nitrogens with zero attached hydrogens (tertiary/aromatic N) is 1. The first-order chi connectivity index (χ1) is 15.1. The van der Waals surface area contributed by atoms with Gasteiger partial charge >= 0.3 is 15.2 Å². The van der Waals surface area contributed by atoms with Crippen LogP contribution in [0.3, 0.4) is 0 Å². The Morgan fingerprint density at radius 2 is 1.84 bits per heavy atom. The van der Waals surface area contributed by atoms with Crippen LogP contribution in [0.15, 0.2) is 47.8 Å². The molecule has 0 fully saturated rings. The number of rotatable bonds is 13. The summed E-state index contributed by atoms with van der Waals surface area (Å²) in [6, 6.07) is 3.64. The van der Waals surface area contributed by atoms with Crippen LogP contribution < -0.4 is 0 Å². The molecule has 1 aliphatic carbocycles. The largest absolute Gasteiger partial charge is 0.350 e. The summed E-state index contributed by atoms with van der Waals surface area (Å²) in [5.41, 5.74) is 2.20. The van der Waals surface area contributed by atoms with E-state index in [0.29, 0.717) is 13.0 Å². The Morgan fingerprint density at radius 3 is 2.44 bits per heavy atom. The molecule has 32 heavy (non-hydrogen) atoms. The molecule has 0 saturated heterocycles. The lowest BCUT2D eigenvalue weighted by atomic mass is 9.97. The van der Waals surface area contributed by atoms with Crippen molar-refractivity contribution >= 4 is 27.8 Å². The van der Waals surface area contributed by atoms with E-state index in [1.165, 1.54) is 0 Å². The zero-order chi connectivity index (χ0) is 23.8. The van der Waals surface area contributed by atoms with E-state index in [0.717, 1.165) is 23.1 Å². The molecular formula is C22H35NO6P2S. The molecule has 0 spiro atoms. The predicted molar refractivity (Wildman–Crippen MR) is 131 cm³/mol. The second-order valence-corrected chi connectivity index (χ2v) is 14.2. The van der Waals surface area contributed by atoms with Crippen LogP contribution in [-0.4, -0.2) is 35.0 Å². The van der Waals surface area contributed by atoms with Crippen molar-refractivity contribution in [1.82, 2.24) is 4.98 Å². The van der Waals surface area contributed by atoms with Crippen LogP contribution in [0.1, 0.15) is 53.0 Å². The second-order valence-electron chi connectivity index (χ2n) is 7.88. The number of thiol groups is 1. The van der Waals surface area contributed by atoms with Crippen molar-refractivity contribution in [3.8, 4) is 0 Å². The minimum Gasteiger partial charge on any atom is -0.309 e. The highest BCUT2D eigenvalue weighted by molar-refractivity contribution is 7.91. The fourth-order valence-electron chi connectivity index (χ4n) is 3.20. The summed E-state index contributed by atoms with van der Waals surface area (Å²) in [7, 11) is -6.85. The molecule has 0 saturated carbocycles. The van der Waals surface area contributed by atoms with E-state index < -0.39 is 19.7 Å². The van der Waals surface area contributed by atoms with Gasteiger partial charge in [-0.15, -0.1) is 0 Å². The number of pyridine rings is 1. The molecule has 7 nitrogen and oxygen atoms in total. The minimum atomic E-state index is -3.64. The first kappa shape index (κ1) is 27.5. The molecular weight excluding hydrogens is 468 g/mol. The van der Waals surface area contributed by atoms with Gasteiger partial charge in [-0.05, 0) is 56.4 Å². The van der Waals surface area contributed by atoms with Crippen LogP contribution in [0.5, 0.6) is 0 Å². The van der Waals surface area contributed by atoms with Gasteiger partial charge in [0.1, 0.15) is 4.49 Å². The maximum Gasteiger partial charge on any atom is 0.350 e. The highest BCUT2D eigenvalue weighted by atomic mass is 32.1. The van der Waals surface area contributed by atoms with Crippen molar-refractivity contribution in [3.05, 3.63) is 53.4 Å². The first-order valence-electron chi connectivity index (χ1n) is 10.9. The molecule has 3 unspecified atom stereocenters. The molecule has 0 aromatic carbocycles. The van der Waals surface area contributed by atoms with Crippen LogP contribution >= 0.6 is 27.8 Å². The van der Waals surface area contributed by atoms with Gasteiger partial charge < -0.3 is 18.1 Å². The van der Waals surface area contributed by atoms with Gasteiger partial charge in [-0.2, -0.15) is 12.6 Å². The van der Waals surface area contributed by atoms with Gasteiger partial charge in [0.15, 0.2) is 0 Å². The molecule has 0 amide bonds. The van der Waals surface area contributed by atoms with E-state index >= 15 is 0 Å². The van der Waals surface area contributed by atoms with E-state index in [-0.39, 0.29) is 25.5 Å². The maximum absolute atomic E-state index is 13.8. The number of hydrogen-bond donors (Lipinski definition) is 1. The lowest BCUT2D eigenvalue weighted by Crippen LogP contribution is -2.25. The molecule has 0 radical (unpaired) electrons. The molecule has 2 rings (SSSR count). The van der Waals surface area contributed by atoms with Gasteiger partial charge in [0.2, 0.25) is 0 Å². The Morgan fingerprint density at radius 1 is 1.12 bits per heavy atom. The lowest BCUT2D eigenvalue weighted by molar-refractivity contribution is 0.197. The van der Waals surface area contributed by atoms with Crippen molar-refractivity contribution in [2.75, 3.05) is 19.8 Å². The van der Waals surface area contributed by atoms with Crippen LogP contribution in [-0.2, 0) is 33.8 Å². The zero-order valence-electron chi connectivity index (χ0n) is 19.5. The third-order valence-corrected chi connectivity index (χ3v) is 10.9. The predicted octanol–water partition coefficient (Wildman–Crippen LogP) is 6.78. The Hall–Kier alpha value is -0.720. The van der Waals surface area contributed by atoms with Crippen molar-refractivity contribution in [3.63, 3.8) is 0 Å². The summed E-state index contributed by atoms with van der Waals surface area (Å²) in [4.78, 5) is 4.06. The van der Waals surface area contributed by atoms with Crippen molar-refractivity contribution in [2.45, 2.75) is 64.2 Å². The summed E-state index contributed by atoms with van der Waals surface area (Å²) >= 11 is 4.78. The average Bonchev–Trinajstić information content (AvgIpc) is 2.77. The normalized spacial score (nSPS) is 20.1. The Balaban J connectivity index is 2.20. The smallest absolute Gasteiger partial charge is 0.309 e. The standard InChI is InChI=1S/C22H35NO6P2S/c1-6-26-30(24,18(3)4)28-16-19-10-8-12-21(14-19)22(5,32)31(25,27-7-2)29-17-20-11-9-13-23-15-20/h9-11,13-15,18,32H,6-8,12,16-17H2,1-5H3. The molecule has 0 bridgehead atoms. The maximum atomic E-state index is 13.8. The SMILES string of the molecule is CCOP(=O)(OCC1=CCCC(C(C)(S)P(=O)(OCC)OCc2cccnc2)=C1)C(C)C. The lowest BCUT2D eigenvalue weighted by Gasteiger charge is -2.35. The second kappa shape index (κ2) is 12.1. The Labute approximate surface area is 197 Å². The highest BCUT2D eigenvalue weighted by Crippen LogP contribution is 2.66. The van der Waals surface area contributed by atoms with Gasteiger partial charge in [0.25, 0.3) is 0 Å². The van der Waals surface area contributed by atoms with Crippen LogP contribution in [0.2, 0.25) is 0 Å². The van der Waals surface area contributed by atoms with Gasteiger partial charge in [-0.3, -0.25) is 14.1 Å². The third-order valence-electron chi connectivity index (χ3n) is 5.10. The zero-order valence-corrected chi connectivity index (χ0v) is 22.2. The van der Waals surface area contributed by atoms with E-state index in [1.54, 1.807) is 39.2 Å². The fourth-order valence-corrected chi connectivity index (χ4v) is 6.85. The molecule has 1 heterocycles. The van der Waals surface area contributed by atoms with Crippen molar-refractivity contribution in [1.29, 1.82) is 0 Å².